The van der Waals surface area contributed by atoms with Gasteiger partial charge in [0.1, 0.15) is 19.7 Å². The van der Waals surface area contributed by atoms with E-state index in [1.807, 2.05) is 13.8 Å². The molecule has 1 fully saturated rings. The summed E-state index contributed by atoms with van der Waals surface area (Å²) in [6, 6.07) is 0. The van der Waals surface area contributed by atoms with E-state index in [4.69, 9.17) is 42.6 Å². The van der Waals surface area contributed by atoms with Crippen molar-refractivity contribution in [3.8, 4) is 0 Å². The van der Waals surface area contributed by atoms with Gasteiger partial charge in [0, 0.05) is 32.5 Å². The van der Waals surface area contributed by atoms with Crippen molar-refractivity contribution >= 4 is 17.9 Å². The minimum Gasteiger partial charge on any atom is -0.455 e. The molecule has 0 saturated carbocycles. The molecule has 0 amide bonds. The van der Waals surface area contributed by atoms with Gasteiger partial charge in [-0.3, -0.25) is 14.4 Å². The molecule has 210 valence electrons. The van der Waals surface area contributed by atoms with Crippen LogP contribution in [0.5, 0.6) is 0 Å². The highest BCUT2D eigenvalue weighted by atomic mass is 16.8. The Balaban J connectivity index is 3.16. The molecule has 0 aromatic carbocycles. The average molecular weight is 523 g/mol. The van der Waals surface area contributed by atoms with E-state index in [9.17, 15) is 14.4 Å². The molecule has 0 bridgehead atoms. The maximum Gasteiger partial charge on any atom is 0.307 e. The maximum absolute atomic E-state index is 12.3. The number of hydrogen-bond donors (Lipinski definition) is 0. The van der Waals surface area contributed by atoms with Gasteiger partial charge in [-0.2, -0.15) is 0 Å². The number of rotatable bonds is 19. The molecule has 0 aliphatic carbocycles. The highest BCUT2D eigenvalue weighted by Crippen LogP contribution is 2.30. The summed E-state index contributed by atoms with van der Waals surface area (Å²) in [6.45, 7) is 9.08. The van der Waals surface area contributed by atoms with Crippen LogP contribution in [0.3, 0.4) is 0 Å². The summed E-state index contributed by atoms with van der Waals surface area (Å²) >= 11 is 0. The Labute approximate surface area is 213 Å². The molecule has 12 heteroatoms. The summed E-state index contributed by atoms with van der Waals surface area (Å²) in [6.07, 6.45) is -3.22. The van der Waals surface area contributed by atoms with Crippen molar-refractivity contribution in [2.24, 2.45) is 0 Å². The topological polar surface area (TPSA) is 134 Å². The van der Waals surface area contributed by atoms with Crippen LogP contribution in [-0.4, -0.2) is 88.8 Å². The van der Waals surface area contributed by atoms with E-state index >= 15 is 0 Å². The van der Waals surface area contributed by atoms with Crippen LogP contribution < -0.4 is 0 Å². The zero-order valence-corrected chi connectivity index (χ0v) is 22.1. The molecule has 0 N–H and O–H groups in total. The number of ether oxygens (including phenoxy) is 9. The number of hydrogen-bond acceptors (Lipinski definition) is 12. The Kier molecular flexibility index (Phi) is 17.3. The third-order valence-electron chi connectivity index (χ3n) is 4.93. The predicted octanol–water partition coefficient (Wildman–Crippen LogP) is 2.45. The van der Waals surface area contributed by atoms with E-state index in [1.54, 1.807) is 20.8 Å². The molecule has 0 aromatic heterocycles. The lowest BCUT2D eigenvalue weighted by molar-refractivity contribution is -0.337. The Bertz CT molecular complexity index is 628. The van der Waals surface area contributed by atoms with E-state index in [0.717, 1.165) is 12.8 Å². The van der Waals surface area contributed by atoms with Crippen molar-refractivity contribution in [3.05, 3.63) is 0 Å². The Hall–Kier alpha value is -1.83. The van der Waals surface area contributed by atoms with Crippen molar-refractivity contribution < 1.29 is 57.0 Å². The van der Waals surface area contributed by atoms with Gasteiger partial charge in [0.15, 0.2) is 31.4 Å². The van der Waals surface area contributed by atoms with Gasteiger partial charge in [0.25, 0.3) is 0 Å². The average Bonchev–Trinajstić information content (AvgIpc) is 2.89. The molecule has 12 nitrogen and oxygen atoms in total. The van der Waals surface area contributed by atoms with Gasteiger partial charge in [0.2, 0.25) is 0 Å². The summed E-state index contributed by atoms with van der Waals surface area (Å²) in [5.74, 6) is -1.49. The summed E-state index contributed by atoms with van der Waals surface area (Å²) in [4.78, 5) is 36.0. The van der Waals surface area contributed by atoms with Crippen LogP contribution in [0, 0.1) is 0 Å². The van der Waals surface area contributed by atoms with Gasteiger partial charge in [-0.1, -0.05) is 34.6 Å². The van der Waals surface area contributed by atoms with Gasteiger partial charge in [-0.05, 0) is 12.8 Å². The zero-order valence-electron chi connectivity index (χ0n) is 22.1. The Morgan fingerprint density at radius 1 is 0.639 bits per heavy atom. The third-order valence-corrected chi connectivity index (χ3v) is 4.93. The molecule has 0 aromatic rings. The van der Waals surface area contributed by atoms with Crippen molar-refractivity contribution in [1.82, 2.24) is 0 Å². The lowest BCUT2D eigenvalue weighted by Gasteiger charge is -2.44. The van der Waals surface area contributed by atoms with E-state index in [-0.39, 0.29) is 46.2 Å². The van der Waals surface area contributed by atoms with Crippen LogP contribution in [0.25, 0.3) is 0 Å². The van der Waals surface area contributed by atoms with Crippen molar-refractivity contribution in [3.63, 3.8) is 0 Å². The fraction of sp³-hybridized carbons (Fsp3) is 0.875. The van der Waals surface area contributed by atoms with E-state index in [0.29, 0.717) is 13.2 Å². The maximum atomic E-state index is 12.3. The fourth-order valence-electron chi connectivity index (χ4n) is 3.09. The Morgan fingerprint density at radius 3 is 1.75 bits per heavy atom. The molecule has 0 spiro atoms. The SMILES string of the molecule is CCCOCOC1OC(COCOC(=O)CC)[C@@H](OC(=O)CC)[C@H](OC(=O)CC)[C@H]1OCOCCC. The van der Waals surface area contributed by atoms with Crippen LogP contribution >= 0.6 is 0 Å². The van der Waals surface area contributed by atoms with Crippen LogP contribution in [0.4, 0.5) is 0 Å². The minimum atomic E-state index is -1.09. The molecule has 1 heterocycles. The summed E-state index contributed by atoms with van der Waals surface area (Å²) in [7, 11) is 0. The second-order valence-electron chi connectivity index (χ2n) is 7.87. The van der Waals surface area contributed by atoms with Crippen molar-refractivity contribution in [2.75, 3.05) is 40.2 Å². The predicted molar refractivity (Wildman–Crippen MR) is 124 cm³/mol. The molecule has 5 atom stereocenters. The highest BCUT2D eigenvalue weighted by molar-refractivity contribution is 5.70. The normalized spacial score (nSPS) is 23.8. The lowest BCUT2D eigenvalue weighted by atomic mass is 9.98. The van der Waals surface area contributed by atoms with E-state index < -0.39 is 48.6 Å². The molecule has 1 rings (SSSR count). The van der Waals surface area contributed by atoms with Crippen LogP contribution in [-0.2, 0) is 57.0 Å². The van der Waals surface area contributed by atoms with Crippen molar-refractivity contribution in [1.29, 1.82) is 0 Å². The summed E-state index contributed by atoms with van der Waals surface area (Å²) < 4.78 is 50.3. The molecule has 1 aliphatic rings. The van der Waals surface area contributed by atoms with Gasteiger partial charge < -0.3 is 42.6 Å². The quantitative estimate of drug-likeness (QED) is 0.107. The molecular weight excluding hydrogens is 480 g/mol. The summed E-state index contributed by atoms with van der Waals surface area (Å²) in [5.41, 5.74) is 0. The lowest BCUT2D eigenvalue weighted by Crippen LogP contribution is -2.63. The van der Waals surface area contributed by atoms with Crippen LogP contribution in [0.2, 0.25) is 0 Å². The summed E-state index contributed by atoms with van der Waals surface area (Å²) in [5, 5.41) is 0. The highest BCUT2D eigenvalue weighted by Gasteiger charge is 2.51. The van der Waals surface area contributed by atoms with Gasteiger partial charge in [-0.25, -0.2) is 0 Å². The first-order chi connectivity index (χ1) is 17.4. The fourth-order valence-corrected chi connectivity index (χ4v) is 3.09. The molecule has 2 unspecified atom stereocenters. The molecule has 0 radical (unpaired) electrons. The first-order valence-electron chi connectivity index (χ1n) is 12.6. The zero-order chi connectivity index (χ0) is 26.8. The van der Waals surface area contributed by atoms with Gasteiger partial charge in [0.05, 0.1) is 6.61 Å². The van der Waals surface area contributed by atoms with Gasteiger partial charge >= 0.3 is 17.9 Å². The number of esters is 3. The smallest absolute Gasteiger partial charge is 0.307 e. The second-order valence-corrected chi connectivity index (χ2v) is 7.87. The minimum absolute atomic E-state index is 0.0859. The van der Waals surface area contributed by atoms with E-state index in [1.165, 1.54) is 0 Å². The second kappa shape index (κ2) is 19.3. The van der Waals surface area contributed by atoms with Crippen LogP contribution in [0.1, 0.15) is 66.7 Å². The van der Waals surface area contributed by atoms with E-state index in [2.05, 4.69) is 0 Å². The molecule has 1 aliphatic heterocycles. The third kappa shape index (κ3) is 11.9. The van der Waals surface area contributed by atoms with Gasteiger partial charge in [-0.15, -0.1) is 0 Å². The largest absolute Gasteiger partial charge is 0.455 e. The molecule has 1 saturated heterocycles. The Morgan fingerprint density at radius 2 is 1.19 bits per heavy atom. The molecule has 36 heavy (non-hydrogen) atoms. The standard InChI is InChI=1S/C24H42O12/c1-6-11-28-14-32-23-22(36-20(27)10-5)21(35-19(26)9-4)17(13-30-16-31-18(25)8-3)34-24(23)33-15-29-12-7-2/h17,21-24H,6-16H2,1-5H3/t17?,21-,22+,23-,24?/m1/s1. The first kappa shape index (κ1) is 32.2. The first-order valence-corrected chi connectivity index (χ1v) is 12.6. The monoisotopic (exact) mass is 522 g/mol. The number of carbonyl (C=O) groups is 3. The molecular formula is C24H42O12. The van der Waals surface area contributed by atoms with Crippen molar-refractivity contribution in [2.45, 2.75) is 97.4 Å². The van der Waals surface area contributed by atoms with Crippen LogP contribution in [0.15, 0.2) is 0 Å². The number of carbonyl (C=O) groups excluding carboxylic acids is 3.